The zero-order valence-electron chi connectivity index (χ0n) is 12.6. The van der Waals surface area contributed by atoms with Gasteiger partial charge in [0, 0.05) is 12.1 Å². The summed E-state index contributed by atoms with van der Waals surface area (Å²) in [5.41, 5.74) is 8.45. The molecular formula is C17H21NO3. The summed E-state index contributed by atoms with van der Waals surface area (Å²) in [5.74, 6) is 2.33. The lowest BCUT2D eigenvalue weighted by Gasteiger charge is -2.15. The van der Waals surface area contributed by atoms with Crippen molar-refractivity contribution in [3.8, 4) is 17.2 Å². The minimum absolute atomic E-state index is 0.123. The van der Waals surface area contributed by atoms with Crippen molar-refractivity contribution in [2.24, 2.45) is 5.73 Å². The Bertz CT molecular complexity index is 559. The third-order valence-corrected chi connectivity index (χ3v) is 3.42. The van der Waals surface area contributed by atoms with E-state index in [1.54, 1.807) is 21.3 Å². The van der Waals surface area contributed by atoms with E-state index in [4.69, 9.17) is 19.9 Å². The van der Waals surface area contributed by atoms with Crippen molar-refractivity contribution in [2.45, 2.75) is 12.5 Å². The maximum Gasteiger partial charge on any atom is 0.122 e. The van der Waals surface area contributed by atoms with E-state index in [1.807, 2.05) is 42.5 Å². The van der Waals surface area contributed by atoms with E-state index in [9.17, 15) is 0 Å². The van der Waals surface area contributed by atoms with Gasteiger partial charge in [-0.1, -0.05) is 12.1 Å². The van der Waals surface area contributed by atoms with E-state index in [0.29, 0.717) is 0 Å². The van der Waals surface area contributed by atoms with Crippen LogP contribution in [0.3, 0.4) is 0 Å². The summed E-state index contributed by atoms with van der Waals surface area (Å²) in [4.78, 5) is 0. The summed E-state index contributed by atoms with van der Waals surface area (Å²) in [6, 6.07) is 13.5. The van der Waals surface area contributed by atoms with Gasteiger partial charge in [-0.2, -0.15) is 0 Å². The normalized spacial score (nSPS) is 11.8. The molecule has 0 bridgehead atoms. The van der Waals surface area contributed by atoms with Gasteiger partial charge in [0.25, 0.3) is 0 Å². The average Bonchev–Trinajstić information content (AvgIpc) is 2.54. The summed E-state index contributed by atoms with van der Waals surface area (Å²) in [6.45, 7) is 0. The second-order valence-corrected chi connectivity index (χ2v) is 4.80. The highest BCUT2D eigenvalue weighted by Crippen LogP contribution is 2.27. The second kappa shape index (κ2) is 6.99. The average molecular weight is 287 g/mol. The molecule has 2 aromatic carbocycles. The van der Waals surface area contributed by atoms with E-state index in [-0.39, 0.29) is 6.04 Å². The summed E-state index contributed by atoms with van der Waals surface area (Å²) in [6.07, 6.45) is 0.736. The first kappa shape index (κ1) is 15.2. The zero-order chi connectivity index (χ0) is 15.2. The molecule has 1 unspecified atom stereocenters. The molecule has 0 amide bonds. The van der Waals surface area contributed by atoms with Gasteiger partial charge in [-0.3, -0.25) is 0 Å². The molecule has 0 aliphatic carbocycles. The molecule has 0 aliphatic heterocycles. The van der Waals surface area contributed by atoms with Gasteiger partial charge < -0.3 is 19.9 Å². The summed E-state index contributed by atoms with van der Waals surface area (Å²) in [7, 11) is 4.92. The monoisotopic (exact) mass is 287 g/mol. The molecule has 2 rings (SSSR count). The molecule has 0 saturated carbocycles. The molecule has 0 saturated heterocycles. The molecule has 0 fully saturated rings. The van der Waals surface area contributed by atoms with Crippen molar-refractivity contribution < 1.29 is 14.2 Å². The minimum Gasteiger partial charge on any atom is -0.497 e. The molecule has 21 heavy (non-hydrogen) atoms. The van der Waals surface area contributed by atoms with E-state index in [1.165, 1.54) is 0 Å². The quantitative estimate of drug-likeness (QED) is 0.887. The van der Waals surface area contributed by atoms with E-state index in [2.05, 4.69) is 0 Å². The molecule has 4 heteroatoms. The van der Waals surface area contributed by atoms with Crippen LogP contribution >= 0.6 is 0 Å². The fraction of sp³-hybridized carbons (Fsp3) is 0.294. The standard InChI is InChI=1S/C17H21NO3/c1-19-14-6-4-12(5-7-14)8-17(18)13-9-15(20-2)11-16(10-13)21-3/h4-7,9-11,17H,8,18H2,1-3H3. The van der Waals surface area contributed by atoms with Gasteiger partial charge in [0.1, 0.15) is 17.2 Å². The Kier molecular flexibility index (Phi) is 5.06. The first-order chi connectivity index (χ1) is 10.2. The predicted molar refractivity (Wildman–Crippen MR) is 83.2 cm³/mol. The Hall–Kier alpha value is -2.20. The largest absolute Gasteiger partial charge is 0.497 e. The lowest BCUT2D eigenvalue weighted by Crippen LogP contribution is -2.13. The van der Waals surface area contributed by atoms with Gasteiger partial charge in [-0.05, 0) is 41.8 Å². The molecule has 0 radical (unpaired) electrons. The van der Waals surface area contributed by atoms with Gasteiger partial charge in [-0.15, -0.1) is 0 Å². The Balaban J connectivity index is 2.16. The van der Waals surface area contributed by atoms with Gasteiger partial charge in [0.2, 0.25) is 0 Å². The Labute approximate surface area is 125 Å². The van der Waals surface area contributed by atoms with Crippen LogP contribution in [0, 0.1) is 0 Å². The van der Waals surface area contributed by atoms with Gasteiger partial charge in [0.05, 0.1) is 21.3 Å². The third-order valence-electron chi connectivity index (χ3n) is 3.42. The van der Waals surface area contributed by atoms with Gasteiger partial charge >= 0.3 is 0 Å². The van der Waals surface area contributed by atoms with Crippen molar-refractivity contribution in [1.29, 1.82) is 0 Å². The summed E-state index contributed by atoms with van der Waals surface area (Å²) >= 11 is 0. The number of benzene rings is 2. The van der Waals surface area contributed by atoms with Gasteiger partial charge in [-0.25, -0.2) is 0 Å². The molecule has 0 aliphatic rings. The van der Waals surface area contributed by atoms with E-state index >= 15 is 0 Å². The maximum absolute atomic E-state index is 6.30. The van der Waals surface area contributed by atoms with Crippen LogP contribution in [-0.4, -0.2) is 21.3 Å². The third kappa shape index (κ3) is 3.89. The lowest BCUT2D eigenvalue weighted by atomic mass is 9.99. The first-order valence-corrected chi connectivity index (χ1v) is 6.77. The molecular weight excluding hydrogens is 266 g/mol. The highest BCUT2D eigenvalue weighted by molar-refractivity contribution is 5.40. The molecule has 2 N–H and O–H groups in total. The zero-order valence-corrected chi connectivity index (χ0v) is 12.6. The van der Waals surface area contributed by atoms with Crippen molar-refractivity contribution in [3.63, 3.8) is 0 Å². The minimum atomic E-state index is -0.123. The number of methoxy groups -OCH3 is 3. The highest BCUT2D eigenvalue weighted by Gasteiger charge is 2.11. The fourth-order valence-corrected chi connectivity index (χ4v) is 2.18. The van der Waals surface area contributed by atoms with E-state index in [0.717, 1.165) is 34.8 Å². The number of rotatable bonds is 6. The van der Waals surface area contributed by atoms with Crippen molar-refractivity contribution >= 4 is 0 Å². The molecule has 0 heterocycles. The molecule has 112 valence electrons. The van der Waals surface area contributed by atoms with Crippen LogP contribution in [0.2, 0.25) is 0 Å². The number of hydrogen-bond acceptors (Lipinski definition) is 4. The second-order valence-electron chi connectivity index (χ2n) is 4.80. The van der Waals surface area contributed by atoms with Crippen molar-refractivity contribution in [2.75, 3.05) is 21.3 Å². The van der Waals surface area contributed by atoms with E-state index < -0.39 is 0 Å². The van der Waals surface area contributed by atoms with Crippen LogP contribution in [0.25, 0.3) is 0 Å². The Morgan fingerprint density at radius 2 is 1.33 bits per heavy atom. The number of ether oxygens (including phenoxy) is 3. The first-order valence-electron chi connectivity index (χ1n) is 6.77. The molecule has 2 aromatic rings. The topological polar surface area (TPSA) is 53.7 Å². The smallest absolute Gasteiger partial charge is 0.122 e. The Morgan fingerprint density at radius 3 is 1.81 bits per heavy atom. The molecule has 0 spiro atoms. The van der Waals surface area contributed by atoms with Crippen LogP contribution in [0.1, 0.15) is 17.2 Å². The number of nitrogens with two attached hydrogens (primary N) is 1. The number of hydrogen-bond donors (Lipinski definition) is 1. The van der Waals surface area contributed by atoms with Crippen LogP contribution in [0.15, 0.2) is 42.5 Å². The van der Waals surface area contributed by atoms with Crippen molar-refractivity contribution in [3.05, 3.63) is 53.6 Å². The van der Waals surface area contributed by atoms with Gasteiger partial charge in [0.15, 0.2) is 0 Å². The van der Waals surface area contributed by atoms with Crippen LogP contribution in [-0.2, 0) is 6.42 Å². The predicted octanol–water partition coefficient (Wildman–Crippen LogP) is 2.95. The summed E-state index contributed by atoms with van der Waals surface area (Å²) in [5, 5.41) is 0. The van der Waals surface area contributed by atoms with Crippen LogP contribution < -0.4 is 19.9 Å². The summed E-state index contributed by atoms with van der Waals surface area (Å²) < 4.78 is 15.7. The highest BCUT2D eigenvalue weighted by atomic mass is 16.5. The van der Waals surface area contributed by atoms with Crippen LogP contribution in [0.5, 0.6) is 17.2 Å². The maximum atomic E-state index is 6.30. The fourth-order valence-electron chi connectivity index (χ4n) is 2.18. The lowest BCUT2D eigenvalue weighted by molar-refractivity contribution is 0.392. The SMILES string of the molecule is COc1ccc(CC(N)c2cc(OC)cc(OC)c2)cc1. The Morgan fingerprint density at radius 1 is 0.810 bits per heavy atom. The van der Waals surface area contributed by atoms with Crippen molar-refractivity contribution in [1.82, 2.24) is 0 Å². The van der Waals surface area contributed by atoms with Crippen LogP contribution in [0.4, 0.5) is 0 Å². The molecule has 0 aromatic heterocycles. The molecule has 4 nitrogen and oxygen atoms in total. The molecule has 1 atom stereocenters.